The number of carbonyl (C=O) groups excluding carboxylic acids is 2. The highest BCUT2D eigenvalue weighted by Crippen LogP contribution is 2.40. The summed E-state index contributed by atoms with van der Waals surface area (Å²) in [5, 5.41) is 3.77. The molecular formula is C22H28N2O2S. The minimum atomic E-state index is -0.139. The van der Waals surface area contributed by atoms with Gasteiger partial charge < -0.3 is 10.2 Å². The van der Waals surface area contributed by atoms with Crippen molar-refractivity contribution in [3.05, 3.63) is 51.4 Å². The van der Waals surface area contributed by atoms with Crippen LogP contribution in [-0.4, -0.2) is 29.8 Å². The van der Waals surface area contributed by atoms with Crippen LogP contribution in [-0.2, 0) is 12.8 Å². The molecule has 0 spiro atoms. The lowest BCUT2D eigenvalue weighted by molar-refractivity contribution is 0.0756. The third-order valence-corrected chi connectivity index (χ3v) is 6.23. The van der Waals surface area contributed by atoms with E-state index in [1.807, 2.05) is 36.1 Å². The minimum Gasteiger partial charge on any atom is -0.339 e. The van der Waals surface area contributed by atoms with Crippen LogP contribution in [0.1, 0.15) is 69.8 Å². The van der Waals surface area contributed by atoms with Gasteiger partial charge in [-0.25, -0.2) is 0 Å². The number of fused-ring (bicyclic) bond motifs is 1. The summed E-state index contributed by atoms with van der Waals surface area (Å²) in [7, 11) is 0. The highest BCUT2D eigenvalue weighted by atomic mass is 32.1. The molecule has 0 atom stereocenters. The van der Waals surface area contributed by atoms with E-state index in [1.54, 1.807) is 11.3 Å². The van der Waals surface area contributed by atoms with E-state index in [0.717, 1.165) is 66.9 Å². The van der Waals surface area contributed by atoms with Gasteiger partial charge in [-0.2, -0.15) is 0 Å². The Bertz CT molecular complexity index is 835. The number of hydrogen-bond acceptors (Lipinski definition) is 3. The van der Waals surface area contributed by atoms with E-state index >= 15 is 0 Å². The zero-order chi connectivity index (χ0) is 19.4. The molecular weight excluding hydrogens is 356 g/mol. The van der Waals surface area contributed by atoms with Crippen molar-refractivity contribution < 1.29 is 9.59 Å². The zero-order valence-electron chi connectivity index (χ0n) is 16.4. The summed E-state index contributed by atoms with van der Waals surface area (Å²) >= 11 is 1.58. The molecule has 2 aromatic rings. The third-order valence-electron chi connectivity index (χ3n) is 5.03. The summed E-state index contributed by atoms with van der Waals surface area (Å²) in [6.07, 6.45) is 4.89. The first-order valence-corrected chi connectivity index (χ1v) is 10.7. The number of nitrogens with zero attached hydrogens (tertiary/aromatic N) is 1. The van der Waals surface area contributed by atoms with Crippen LogP contribution in [0.15, 0.2) is 24.3 Å². The van der Waals surface area contributed by atoms with Crippen molar-refractivity contribution in [3.63, 3.8) is 0 Å². The van der Waals surface area contributed by atoms with Crippen LogP contribution >= 0.6 is 11.3 Å². The SMILES string of the molecule is CCCN(CCC)C(=O)c1c(NC(=O)c2ccccc2C)sc2c1CCC2. The van der Waals surface area contributed by atoms with Crippen LogP contribution in [0.5, 0.6) is 0 Å². The second-order valence-corrected chi connectivity index (χ2v) is 8.23. The van der Waals surface area contributed by atoms with Gasteiger partial charge in [-0.15, -0.1) is 11.3 Å². The van der Waals surface area contributed by atoms with Crippen LogP contribution in [0, 0.1) is 6.92 Å². The van der Waals surface area contributed by atoms with E-state index in [4.69, 9.17) is 0 Å². The molecule has 1 aromatic heterocycles. The average molecular weight is 385 g/mol. The Balaban J connectivity index is 1.93. The number of amides is 2. The Morgan fingerprint density at radius 3 is 2.48 bits per heavy atom. The molecule has 0 saturated carbocycles. The first-order chi connectivity index (χ1) is 13.1. The highest BCUT2D eigenvalue weighted by molar-refractivity contribution is 7.17. The Morgan fingerprint density at radius 2 is 1.81 bits per heavy atom. The second kappa shape index (κ2) is 8.70. The van der Waals surface area contributed by atoms with Gasteiger partial charge >= 0.3 is 0 Å². The number of nitrogens with one attached hydrogen (secondary N) is 1. The summed E-state index contributed by atoms with van der Waals surface area (Å²) < 4.78 is 0. The smallest absolute Gasteiger partial charge is 0.257 e. The third kappa shape index (κ3) is 4.08. The molecule has 144 valence electrons. The monoisotopic (exact) mass is 384 g/mol. The fourth-order valence-electron chi connectivity index (χ4n) is 3.73. The maximum absolute atomic E-state index is 13.3. The van der Waals surface area contributed by atoms with Crippen LogP contribution in [0.2, 0.25) is 0 Å². The molecule has 0 unspecified atom stereocenters. The van der Waals surface area contributed by atoms with Gasteiger partial charge in [0, 0.05) is 23.5 Å². The summed E-state index contributed by atoms with van der Waals surface area (Å²) in [4.78, 5) is 29.4. The number of anilines is 1. The van der Waals surface area contributed by atoms with Crippen molar-refractivity contribution in [1.82, 2.24) is 4.90 Å². The van der Waals surface area contributed by atoms with E-state index in [0.29, 0.717) is 5.56 Å². The lowest BCUT2D eigenvalue weighted by Gasteiger charge is -2.22. The van der Waals surface area contributed by atoms with E-state index in [2.05, 4.69) is 19.2 Å². The Hall–Kier alpha value is -2.14. The Kier molecular flexibility index (Phi) is 6.32. The molecule has 0 saturated heterocycles. The van der Waals surface area contributed by atoms with Gasteiger partial charge in [-0.05, 0) is 56.2 Å². The summed E-state index contributed by atoms with van der Waals surface area (Å²) in [6.45, 7) is 7.62. The minimum absolute atomic E-state index is 0.0678. The molecule has 1 aliphatic carbocycles. The zero-order valence-corrected chi connectivity index (χ0v) is 17.2. The first-order valence-electron chi connectivity index (χ1n) is 9.87. The standard InChI is InChI=1S/C22H28N2O2S/c1-4-13-24(14-5-2)22(26)19-17-11-8-12-18(17)27-21(19)23-20(25)16-10-7-6-9-15(16)3/h6-7,9-10H,4-5,8,11-14H2,1-3H3,(H,23,25). The molecule has 1 aliphatic rings. The predicted octanol–water partition coefficient (Wildman–Crippen LogP) is 5.06. The fraction of sp³-hybridized carbons (Fsp3) is 0.455. The fourth-order valence-corrected chi connectivity index (χ4v) is 5.01. The van der Waals surface area contributed by atoms with Gasteiger partial charge in [-0.3, -0.25) is 9.59 Å². The molecule has 1 aromatic carbocycles. The maximum Gasteiger partial charge on any atom is 0.257 e. The van der Waals surface area contributed by atoms with Crippen molar-refractivity contribution in [2.75, 3.05) is 18.4 Å². The average Bonchev–Trinajstić information content (AvgIpc) is 3.22. The second-order valence-electron chi connectivity index (χ2n) is 7.12. The van der Waals surface area contributed by atoms with E-state index in [-0.39, 0.29) is 11.8 Å². The van der Waals surface area contributed by atoms with Gasteiger partial charge in [0.15, 0.2) is 0 Å². The van der Waals surface area contributed by atoms with Crippen molar-refractivity contribution in [3.8, 4) is 0 Å². The molecule has 3 rings (SSSR count). The topological polar surface area (TPSA) is 49.4 Å². The molecule has 0 radical (unpaired) electrons. The van der Waals surface area contributed by atoms with Crippen molar-refractivity contribution in [1.29, 1.82) is 0 Å². The highest BCUT2D eigenvalue weighted by Gasteiger charge is 2.30. The molecule has 27 heavy (non-hydrogen) atoms. The summed E-state index contributed by atoms with van der Waals surface area (Å²) in [5.74, 6) is -0.0715. The molecule has 4 nitrogen and oxygen atoms in total. The molecule has 5 heteroatoms. The van der Waals surface area contributed by atoms with Crippen LogP contribution < -0.4 is 5.32 Å². The van der Waals surface area contributed by atoms with Crippen molar-refractivity contribution in [2.45, 2.75) is 52.9 Å². The van der Waals surface area contributed by atoms with E-state index < -0.39 is 0 Å². The maximum atomic E-state index is 13.3. The van der Waals surface area contributed by atoms with Gasteiger partial charge in [0.1, 0.15) is 5.00 Å². The van der Waals surface area contributed by atoms with E-state index in [9.17, 15) is 9.59 Å². The molecule has 1 N–H and O–H groups in total. The lowest BCUT2D eigenvalue weighted by atomic mass is 10.1. The van der Waals surface area contributed by atoms with Gasteiger partial charge in [-0.1, -0.05) is 32.0 Å². The largest absolute Gasteiger partial charge is 0.339 e. The summed E-state index contributed by atoms with van der Waals surface area (Å²) in [5.41, 5.74) is 3.48. The van der Waals surface area contributed by atoms with Crippen molar-refractivity contribution in [2.24, 2.45) is 0 Å². The first kappa shape index (κ1) is 19.6. The summed E-state index contributed by atoms with van der Waals surface area (Å²) in [6, 6.07) is 7.55. The lowest BCUT2D eigenvalue weighted by Crippen LogP contribution is -2.33. The Labute approximate surface area is 165 Å². The van der Waals surface area contributed by atoms with Crippen molar-refractivity contribution >= 4 is 28.2 Å². The Morgan fingerprint density at radius 1 is 1.11 bits per heavy atom. The number of hydrogen-bond donors (Lipinski definition) is 1. The van der Waals surface area contributed by atoms with Gasteiger partial charge in [0.25, 0.3) is 11.8 Å². The van der Waals surface area contributed by atoms with Gasteiger partial charge in [0.05, 0.1) is 5.56 Å². The molecule has 0 aliphatic heterocycles. The number of carbonyl (C=O) groups is 2. The molecule has 0 bridgehead atoms. The van der Waals surface area contributed by atoms with E-state index in [1.165, 1.54) is 4.88 Å². The molecule has 0 fully saturated rings. The van der Waals surface area contributed by atoms with Crippen LogP contribution in [0.25, 0.3) is 0 Å². The molecule has 1 heterocycles. The number of thiophene rings is 1. The predicted molar refractivity (Wildman–Crippen MR) is 112 cm³/mol. The van der Waals surface area contributed by atoms with Crippen LogP contribution in [0.4, 0.5) is 5.00 Å². The number of rotatable bonds is 7. The number of aryl methyl sites for hydroxylation is 2. The number of benzene rings is 1. The normalized spacial score (nSPS) is 12.7. The molecule has 2 amide bonds. The van der Waals surface area contributed by atoms with Crippen LogP contribution in [0.3, 0.4) is 0 Å². The van der Waals surface area contributed by atoms with Gasteiger partial charge in [0.2, 0.25) is 0 Å². The quantitative estimate of drug-likeness (QED) is 0.725.